The van der Waals surface area contributed by atoms with Gasteiger partial charge in [0.25, 0.3) is 0 Å². The first kappa shape index (κ1) is 23.7. The Morgan fingerprint density at radius 2 is 1.58 bits per heavy atom. The Morgan fingerprint density at radius 3 is 2.28 bits per heavy atom. The lowest BCUT2D eigenvalue weighted by Crippen LogP contribution is -2.27. The summed E-state index contributed by atoms with van der Waals surface area (Å²) in [6.07, 6.45) is -3.34. The van der Waals surface area contributed by atoms with Crippen LogP contribution >= 0.6 is 0 Å². The number of benzene rings is 3. The highest BCUT2D eigenvalue weighted by molar-refractivity contribution is 6.02. The van der Waals surface area contributed by atoms with Crippen molar-refractivity contribution in [1.82, 2.24) is 0 Å². The van der Waals surface area contributed by atoms with E-state index >= 15 is 0 Å². The van der Waals surface area contributed by atoms with E-state index in [-0.39, 0.29) is 25.4 Å². The summed E-state index contributed by atoms with van der Waals surface area (Å²) in [6, 6.07) is 14.0. The predicted octanol–water partition coefficient (Wildman–Crippen LogP) is 6.28. The number of ether oxygens (including phenoxy) is 2. The molecule has 1 aliphatic carbocycles. The van der Waals surface area contributed by atoms with Gasteiger partial charge >= 0.3 is 6.18 Å². The van der Waals surface area contributed by atoms with Crippen molar-refractivity contribution in [3.63, 3.8) is 0 Å². The van der Waals surface area contributed by atoms with Crippen LogP contribution in [-0.2, 0) is 21.2 Å². The number of anilines is 2. The van der Waals surface area contributed by atoms with E-state index in [1.807, 2.05) is 12.1 Å². The Morgan fingerprint density at radius 1 is 0.889 bits per heavy atom. The molecule has 3 aromatic carbocycles. The third kappa shape index (κ3) is 4.36. The molecule has 1 fully saturated rings. The van der Waals surface area contributed by atoms with Gasteiger partial charge in [0, 0.05) is 19.7 Å². The van der Waals surface area contributed by atoms with E-state index in [2.05, 4.69) is 10.6 Å². The topological polar surface area (TPSA) is 76.7 Å². The number of hydrogen-bond donors (Lipinski definition) is 2. The van der Waals surface area contributed by atoms with Gasteiger partial charge in [-0.05, 0) is 78.4 Å². The molecule has 3 aromatic rings. The number of amides is 2. The number of halogens is 3. The monoisotopic (exact) mass is 498 g/mol. The first-order valence-corrected chi connectivity index (χ1v) is 11.4. The molecule has 0 spiro atoms. The van der Waals surface area contributed by atoms with Crippen molar-refractivity contribution in [2.24, 2.45) is 0 Å². The number of carbonyl (C=O) groups is 2. The number of carbonyl (C=O) groups excluding carboxylic acids is 2. The minimum atomic E-state index is -4.65. The minimum Gasteiger partial charge on any atom is -0.454 e. The molecule has 9 heteroatoms. The smallest absolute Gasteiger partial charge is 0.417 e. The molecule has 5 rings (SSSR count). The van der Waals surface area contributed by atoms with E-state index in [0.717, 1.165) is 11.6 Å². The zero-order valence-electron chi connectivity index (χ0n) is 19.6. The summed E-state index contributed by atoms with van der Waals surface area (Å²) < 4.78 is 52.6. The Kier molecular flexibility index (Phi) is 5.65. The number of hydrogen-bond acceptors (Lipinski definition) is 4. The van der Waals surface area contributed by atoms with Crippen LogP contribution in [0.1, 0.15) is 37.9 Å². The van der Waals surface area contributed by atoms with E-state index in [1.54, 1.807) is 31.2 Å². The highest BCUT2D eigenvalue weighted by Gasteiger charge is 2.51. The maximum atomic E-state index is 13.9. The van der Waals surface area contributed by atoms with Crippen LogP contribution in [0.4, 0.5) is 24.5 Å². The lowest BCUT2D eigenvalue weighted by molar-refractivity contribution is -0.137. The van der Waals surface area contributed by atoms with E-state index in [0.29, 0.717) is 41.2 Å². The highest BCUT2D eigenvalue weighted by atomic mass is 19.4. The Labute approximate surface area is 206 Å². The zero-order valence-corrected chi connectivity index (χ0v) is 19.6. The number of alkyl halides is 3. The fourth-order valence-corrected chi connectivity index (χ4v) is 4.50. The van der Waals surface area contributed by atoms with Crippen molar-refractivity contribution in [2.45, 2.75) is 38.3 Å². The van der Waals surface area contributed by atoms with Gasteiger partial charge in [-0.2, -0.15) is 13.2 Å². The summed E-state index contributed by atoms with van der Waals surface area (Å²) in [6.45, 7) is 3.07. The largest absolute Gasteiger partial charge is 0.454 e. The quantitative estimate of drug-likeness (QED) is 0.434. The van der Waals surface area contributed by atoms with Crippen LogP contribution in [0.3, 0.4) is 0 Å². The zero-order chi connectivity index (χ0) is 25.7. The average molecular weight is 499 g/mol. The summed E-state index contributed by atoms with van der Waals surface area (Å²) in [5.74, 6) is 0.524. The normalized spacial score (nSPS) is 15.4. The van der Waals surface area contributed by atoms with Gasteiger partial charge in [-0.1, -0.05) is 18.2 Å². The van der Waals surface area contributed by atoms with Crippen LogP contribution in [-0.4, -0.2) is 18.6 Å². The minimum absolute atomic E-state index is 0. The van der Waals surface area contributed by atoms with Crippen molar-refractivity contribution in [2.75, 3.05) is 17.4 Å². The van der Waals surface area contributed by atoms with E-state index < -0.39 is 23.1 Å². The molecule has 6 nitrogen and oxygen atoms in total. The summed E-state index contributed by atoms with van der Waals surface area (Å²) in [7, 11) is 0. The standard InChI is InChI=1S/C27H23F3N2O4.H2/c1-15-3-5-18(12-21(15)20-7-6-19(31-16(2)33)13-22(20)27(28,29)30)32-25(34)26(9-10-26)17-4-8-23-24(11-17)36-14-35-23;/h3-8,11-13H,9-10,14H2,1-2H3,(H,31,33)(H,32,34);1H. The van der Waals surface area contributed by atoms with Crippen molar-refractivity contribution >= 4 is 23.2 Å². The highest BCUT2D eigenvalue weighted by Crippen LogP contribution is 2.51. The van der Waals surface area contributed by atoms with Crippen molar-refractivity contribution < 1.29 is 33.7 Å². The van der Waals surface area contributed by atoms with E-state index in [4.69, 9.17) is 9.47 Å². The summed E-state index contributed by atoms with van der Waals surface area (Å²) in [5.41, 5.74) is 0.575. The van der Waals surface area contributed by atoms with Gasteiger partial charge in [-0.3, -0.25) is 9.59 Å². The van der Waals surface area contributed by atoms with Crippen LogP contribution in [0.5, 0.6) is 11.5 Å². The second kappa shape index (κ2) is 8.58. The molecule has 1 saturated carbocycles. The Balaban J connectivity index is 0.00000320. The van der Waals surface area contributed by atoms with Crippen molar-refractivity contribution in [3.05, 3.63) is 71.3 Å². The maximum absolute atomic E-state index is 13.9. The molecule has 0 saturated heterocycles. The van der Waals surface area contributed by atoms with E-state index in [1.165, 1.54) is 19.1 Å². The predicted molar refractivity (Wildman–Crippen MR) is 130 cm³/mol. The van der Waals surface area contributed by atoms with Gasteiger partial charge in [0.05, 0.1) is 11.0 Å². The molecule has 0 atom stereocenters. The fraction of sp³-hybridized carbons (Fsp3) is 0.259. The number of aryl methyl sites for hydroxylation is 1. The average Bonchev–Trinajstić information content (AvgIpc) is 3.50. The third-order valence-electron chi connectivity index (χ3n) is 6.54. The molecule has 188 valence electrons. The lowest BCUT2D eigenvalue weighted by atomic mass is 9.93. The lowest BCUT2D eigenvalue weighted by Gasteiger charge is -2.19. The Hall–Kier alpha value is -4.01. The molecule has 0 radical (unpaired) electrons. The van der Waals surface area contributed by atoms with Gasteiger partial charge in [0.1, 0.15) is 0 Å². The van der Waals surface area contributed by atoms with Crippen LogP contribution in [0.15, 0.2) is 54.6 Å². The van der Waals surface area contributed by atoms with Crippen LogP contribution in [0, 0.1) is 6.92 Å². The van der Waals surface area contributed by atoms with Crippen LogP contribution in [0.2, 0.25) is 0 Å². The molecule has 2 amide bonds. The molecular formula is C27H25F3N2O4. The summed E-state index contributed by atoms with van der Waals surface area (Å²) in [5, 5.41) is 5.28. The summed E-state index contributed by atoms with van der Waals surface area (Å²) >= 11 is 0. The molecule has 2 N–H and O–H groups in total. The van der Waals surface area contributed by atoms with Crippen LogP contribution in [0.25, 0.3) is 11.1 Å². The van der Waals surface area contributed by atoms with Crippen molar-refractivity contribution in [3.8, 4) is 22.6 Å². The van der Waals surface area contributed by atoms with Gasteiger partial charge in [0.15, 0.2) is 11.5 Å². The maximum Gasteiger partial charge on any atom is 0.417 e. The molecule has 0 unspecified atom stereocenters. The molecule has 0 aromatic heterocycles. The molecule has 1 aliphatic heterocycles. The SMILES string of the molecule is CC(=O)Nc1ccc(-c2cc(NC(=O)C3(c4ccc5c(c4)OCO5)CC3)ccc2C)c(C(F)(F)F)c1.[HH]. The second-order valence-corrected chi connectivity index (χ2v) is 9.07. The van der Waals surface area contributed by atoms with Gasteiger partial charge < -0.3 is 20.1 Å². The second-order valence-electron chi connectivity index (χ2n) is 9.07. The van der Waals surface area contributed by atoms with Crippen LogP contribution < -0.4 is 20.1 Å². The van der Waals surface area contributed by atoms with Gasteiger partial charge in [0.2, 0.25) is 18.6 Å². The fourth-order valence-electron chi connectivity index (χ4n) is 4.50. The molecule has 0 bridgehead atoms. The van der Waals surface area contributed by atoms with Gasteiger partial charge in [-0.15, -0.1) is 0 Å². The number of rotatable bonds is 5. The van der Waals surface area contributed by atoms with Crippen molar-refractivity contribution in [1.29, 1.82) is 0 Å². The van der Waals surface area contributed by atoms with Gasteiger partial charge in [-0.25, -0.2) is 0 Å². The first-order chi connectivity index (χ1) is 17.1. The number of nitrogens with one attached hydrogen (secondary N) is 2. The third-order valence-corrected chi connectivity index (χ3v) is 6.54. The first-order valence-electron chi connectivity index (χ1n) is 11.4. The molecule has 2 aliphatic rings. The van der Waals surface area contributed by atoms with E-state index in [9.17, 15) is 22.8 Å². The number of fused-ring (bicyclic) bond motifs is 1. The molecule has 1 heterocycles. The molecular weight excluding hydrogens is 473 g/mol. The Bertz CT molecular complexity index is 1390. The molecule has 36 heavy (non-hydrogen) atoms. The summed E-state index contributed by atoms with van der Waals surface area (Å²) in [4.78, 5) is 24.6.